The number of carbonyl (C=O) groups excluding carboxylic acids is 2. The molecular weight excluding hydrogens is 170 g/mol. The number of aromatic nitrogens is 1. The molecule has 0 fully saturated rings. The van der Waals surface area contributed by atoms with Crippen molar-refractivity contribution in [1.82, 2.24) is 4.98 Å². The molecule has 2 rings (SSSR count). The van der Waals surface area contributed by atoms with Crippen LogP contribution in [-0.4, -0.2) is 16.9 Å². The van der Waals surface area contributed by atoms with Crippen molar-refractivity contribution in [1.29, 1.82) is 0 Å². The fraction of sp³-hybridized carbons (Fsp3) is 0.222. The topological polar surface area (TPSA) is 56.3 Å². The zero-order chi connectivity index (χ0) is 9.84. The van der Waals surface area contributed by atoms with Crippen molar-refractivity contribution in [2.45, 2.75) is 13.8 Å². The van der Waals surface area contributed by atoms with E-state index >= 15 is 0 Å². The van der Waals surface area contributed by atoms with Gasteiger partial charge in [0.05, 0.1) is 5.56 Å². The highest BCUT2D eigenvalue weighted by atomic mass is 16.6. The van der Waals surface area contributed by atoms with Gasteiger partial charge in [-0.05, 0) is 12.1 Å². The number of cyclic esters (lactones) is 2. The molecule has 0 spiro atoms. The van der Waals surface area contributed by atoms with Crippen LogP contribution >= 0.6 is 0 Å². The Morgan fingerprint density at radius 2 is 1.92 bits per heavy atom. The lowest BCUT2D eigenvalue weighted by Gasteiger charge is -1.85. The van der Waals surface area contributed by atoms with Crippen molar-refractivity contribution in [3.63, 3.8) is 0 Å². The minimum Gasteiger partial charge on any atom is -0.384 e. The zero-order valence-electron chi connectivity index (χ0n) is 7.40. The Bertz CT molecular complexity index is 313. The van der Waals surface area contributed by atoms with Crippen LogP contribution in [0.25, 0.3) is 0 Å². The van der Waals surface area contributed by atoms with Crippen molar-refractivity contribution in [3.05, 3.63) is 29.6 Å². The average Bonchev–Trinajstić information content (AvgIpc) is 2.47. The molecule has 0 atom stereocenters. The van der Waals surface area contributed by atoms with Crippen LogP contribution in [0.5, 0.6) is 0 Å². The molecule has 1 aromatic rings. The number of hydrogen-bond acceptors (Lipinski definition) is 4. The van der Waals surface area contributed by atoms with Crippen molar-refractivity contribution in [3.8, 4) is 0 Å². The van der Waals surface area contributed by atoms with Gasteiger partial charge >= 0.3 is 11.9 Å². The maximum Gasteiger partial charge on any atom is 0.365 e. The number of hydrogen-bond donors (Lipinski definition) is 0. The second kappa shape index (κ2) is 3.80. The van der Waals surface area contributed by atoms with Crippen molar-refractivity contribution in [2.75, 3.05) is 0 Å². The van der Waals surface area contributed by atoms with E-state index in [9.17, 15) is 9.59 Å². The molecule has 0 unspecified atom stereocenters. The van der Waals surface area contributed by atoms with Crippen molar-refractivity contribution in [2.24, 2.45) is 0 Å². The van der Waals surface area contributed by atoms with E-state index in [0.717, 1.165) is 0 Å². The molecule has 0 radical (unpaired) electrons. The molecule has 0 amide bonds. The van der Waals surface area contributed by atoms with E-state index in [2.05, 4.69) is 9.72 Å². The lowest BCUT2D eigenvalue weighted by atomic mass is 10.2. The Kier molecular flexibility index (Phi) is 2.74. The standard InChI is InChI=1S/C7H3NO3.C2H6/c9-6-4-2-1-3-8-5(4)7(10)11-6;1-2/h1-3H;1-2H3. The Morgan fingerprint density at radius 3 is 2.54 bits per heavy atom. The summed E-state index contributed by atoms with van der Waals surface area (Å²) in [5, 5.41) is 0. The lowest BCUT2D eigenvalue weighted by Crippen LogP contribution is -1.97. The molecule has 1 aliphatic rings. The summed E-state index contributed by atoms with van der Waals surface area (Å²) in [4.78, 5) is 25.3. The molecule has 0 saturated heterocycles. The number of rotatable bonds is 0. The van der Waals surface area contributed by atoms with Gasteiger partial charge in [-0.15, -0.1) is 0 Å². The van der Waals surface area contributed by atoms with Crippen LogP contribution in [0.2, 0.25) is 0 Å². The van der Waals surface area contributed by atoms with Crippen LogP contribution in [0.15, 0.2) is 18.3 Å². The molecule has 0 bridgehead atoms. The predicted octanol–water partition coefficient (Wildman–Crippen LogP) is 1.42. The molecule has 4 heteroatoms. The third kappa shape index (κ3) is 1.56. The van der Waals surface area contributed by atoms with Gasteiger partial charge in [-0.2, -0.15) is 0 Å². The third-order valence-electron chi connectivity index (χ3n) is 1.41. The first-order chi connectivity index (χ1) is 6.29. The van der Waals surface area contributed by atoms with E-state index in [1.165, 1.54) is 12.3 Å². The van der Waals surface area contributed by atoms with Crippen LogP contribution < -0.4 is 0 Å². The summed E-state index contributed by atoms with van der Waals surface area (Å²) in [7, 11) is 0. The van der Waals surface area contributed by atoms with Gasteiger partial charge in [-0.1, -0.05) is 13.8 Å². The van der Waals surface area contributed by atoms with E-state index in [-0.39, 0.29) is 11.3 Å². The van der Waals surface area contributed by atoms with E-state index in [1.54, 1.807) is 6.07 Å². The number of ether oxygens (including phenoxy) is 1. The summed E-state index contributed by atoms with van der Waals surface area (Å²) in [6.45, 7) is 4.00. The monoisotopic (exact) mass is 179 g/mol. The van der Waals surface area contributed by atoms with Crippen molar-refractivity contribution >= 4 is 11.9 Å². The molecule has 0 saturated carbocycles. The Morgan fingerprint density at radius 1 is 1.23 bits per heavy atom. The molecule has 4 nitrogen and oxygen atoms in total. The largest absolute Gasteiger partial charge is 0.384 e. The van der Waals surface area contributed by atoms with E-state index in [4.69, 9.17) is 0 Å². The molecule has 1 aliphatic heterocycles. The average molecular weight is 179 g/mol. The summed E-state index contributed by atoms with van der Waals surface area (Å²) < 4.78 is 4.29. The highest BCUT2D eigenvalue weighted by molar-refractivity contribution is 6.13. The van der Waals surface area contributed by atoms with Gasteiger partial charge in [0.1, 0.15) is 0 Å². The minimum atomic E-state index is -0.661. The van der Waals surface area contributed by atoms with Crippen LogP contribution in [0, 0.1) is 0 Å². The second-order valence-corrected chi connectivity index (χ2v) is 2.08. The maximum absolute atomic E-state index is 10.8. The highest BCUT2D eigenvalue weighted by Gasteiger charge is 2.30. The minimum absolute atomic E-state index is 0.109. The van der Waals surface area contributed by atoms with Gasteiger partial charge in [0.2, 0.25) is 0 Å². The summed E-state index contributed by atoms with van der Waals surface area (Å²) >= 11 is 0. The number of nitrogens with zero attached hydrogens (tertiary/aromatic N) is 1. The zero-order valence-corrected chi connectivity index (χ0v) is 7.40. The number of fused-ring (bicyclic) bond motifs is 1. The first-order valence-electron chi connectivity index (χ1n) is 4.00. The maximum atomic E-state index is 10.8. The fourth-order valence-corrected chi connectivity index (χ4v) is 0.920. The normalized spacial score (nSPS) is 12.8. The number of pyridine rings is 1. The number of carbonyl (C=O) groups is 2. The van der Waals surface area contributed by atoms with Crippen LogP contribution in [0.4, 0.5) is 0 Å². The number of esters is 2. The molecule has 2 heterocycles. The first-order valence-corrected chi connectivity index (χ1v) is 4.00. The fourth-order valence-electron chi connectivity index (χ4n) is 0.920. The smallest absolute Gasteiger partial charge is 0.365 e. The molecule has 1 aromatic heterocycles. The molecule has 0 N–H and O–H groups in total. The van der Waals surface area contributed by atoms with Crippen LogP contribution in [0.1, 0.15) is 34.7 Å². The second-order valence-electron chi connectivity index (χ2n) is 2.08. The van der Waals surface area contributed by atoms with Gasteiger partial charge in [0, 0.05) is 6.20 Å². The van der Waals surface area contributed by atoms with Gasteiger partial charge in [-0.3, -0.25) is 0 Å². The lowest BCUT2D eigenvalue weighted by molar-refractivity contribution is 0.0441. The third-order valence-corrected chi connectivity index (χ3v) is 1.41. The Labute approximate surface area is 75.5 Å². The predicted molar refractivity (Wildman–Crippen MR) is 45.3 cm³/mol. The molecule has 68 valence electrons. The van der Waals surface area contributed by atoms with Crippen molar-refractivity contribution < 1.29 is 14.3 Å². The summed E-state index contributed by atoms with van der Waals surface area (Å²) in [6.07, 6.45) is 1.44. The Balaban J connectivity index is 0.000000396. The molecule has 13 heavy (non-hydrogen) atoms. The summed E-state index contributed by atoms with van der Waals surface area (Å²) in [5.41, 5.74) is 0.356. The summed E-state index contributed by atoms with van der Waals surface area (Å²) in [5.74, 6) is -1.27. The SMILES string of the molecule is CC.O=C1OC(=O)c2ncccc21. The van der Waals surface area contributed by atoms with E-state index in [0.29, 0.717) is 0 Å². The van der Waals surface area contributed by atoms with Gasteiger partial charge < -0.3 is 4.74 Å². The quantitative estimate of drug-likeness (QED) is 0.446. The van der Waals surface area contributed by atoms with Gasteiger partial charge in [0.15, 0.2) is 5.69 Å². The first kappa shape index (κ1) is 9.38. The Hall–Kier alpha value is -1.71. The van der Waals surface area contributed by atoms with Crippen LogP contribution in [0.3, 0.4) is 0 Å². The highest BCUT2D eigenvalue weighted by Crippen LogP contribution is 2.15. The molecule has 0 aliphatic carbocycles. The summed E-state index contributed by atoms with van der Waals surface area (Å²) in [6, 6.07) is 3.09. The van der Waals surface area contributed by atoms with E-state index in [1.807, 2.05) is 13.8 Å². The molecule has 0 aromatic carbocycles. The van der Waals surface area contributed by atoms with Gasteiger partial charge in [0.25, 0.3) is 0 Å². The van der Waals surface area contributed by atoms with E-state index < -0.39 is 11.9 Å². The van der Waals surface area contributed by atoms with Gasteiger partial charge in [-0.25, -0.2) is 14.6 Å². The molecular formula is C9H9NO3. The van der Waals surface area contributed by atoms with Crippen LogP contribution in [-0.2, 0) is 4.74 Å².